The maximum Gasteiger partial charge on any atom is 0.303 e. The van der Waals surface area contributed by atoms with Gasteiger partial charge in [-0.1, -0.05) is 25.4 Å². The number of benzene rings is 1. The average molecular weight is 316 g/mol. The molecule has 2 N–H and O–H groups in total. The van der Waals surface area contributed by atoms with Gasteiger partial charge in [0.2, 0.25) is 0 Å². The third-order valence-electron chi connectivity index (χ3n) is 3.00. The maximum absolute atomic E-state index is 13.0. The van der Waals surface area contributed by atoms with E-state index in [4.69, 9.17) is 16.7 Å². The van der Waals surface area contributed by atoms with E-state index in [0.29, 0.717) is 12.3 Å². The van der Waals surface area contributed by atoms with Crippen molar-refractivity contribution in [3.63, 3.8) is 0 Å². The van der Waals surface area contributed by atoms with Crippen LogP contribution in [0.4, 0.5) is 4.39 Å². The molecule has 0 aliphatic carbocycles. The van der Waals surface area contributed by atoms with Crippen LogP contribution < -0.4 is 5.32 Å². The first-order chi connectivity index (χ1) is 9.79. The summed E-state index contributed by atoms with van der Waals surface area (Å²) < 4.78 is 13.0. The number of hydrogen-bond acceptors (Lipinski definition) is 2. The summed E-state index contributed by atoms with van der Waals surface area (Å²) in [4.78, 5) is 22.8. The van der Waals surface area contributed by atoms with Crippen LogP contribution >= 0.6 is 11.6 Å². The molecule has 0 heterocycles. The van der Waals surface area contributed by atoms with E-state index in [1.807, 2.05) is 13.8 Å². The quantitative estimate of drug-likeness (QED) is 0.811. The van der Waals surface area contributed by atoms with Gasteiger partial charge >= 0.3 is 5.97 Å². The normalized spacial score (nSPS) is 12.2. The fourth-order valence-corrected chi connectivity index (χ4v) is 2.31. The number of halogens is 2. The van der Waals surface area contributed by atoms with Gasteiger partial charge in [0, 0.05) is 18.5 Å². The van der Waals surface area contributed by atoms with Crippen LogP contribution in [0.3, 0.4) is 0 Å². The van der Waals surface area contributed by atoms with Crippen molar-refractivity contribution in [1.82, 2.24) is 5.32 Å². The average Bonchev–Trinajstić information content (AvgIpc) is 2.37. The largest absolute Gasteiger partial charge is 0.481 e. The Labute approximate surface area is 128 Å². The number of nitrogens with one attached hydrogen (secondary N) is 1. The van der Waals surface area contributed by atoms with E-state index in [2.05, 4.69) is 5.32 Å². The van der Waals surface area contributed by atoms with Crippen molar-refractivity contribution < 1.29 is 19.1 Å². The second kappa shape index (κ2) is 7.98. The van der Waals surface area contributed by atoms with Crippen molar-refractivity contribution in [1.29, 1.82) is 0 Å². The predicted molar refractivity (Wildman–Crippen MR) is 78.9 cm³/mol. The molecular formula is C15H19ClFNO3. The van der Waals surface area contributed by atoms with Gasteiger partial charge in [-0.05, 0) is 36.5 Å². The fraction of sp³-hybridized carbons (Fsp3) is 0.467. The lowest BCUT2D eigenvalue weighted by atomic mass is 9.94. The van der Waals surface area contributed by atoms with Gasteiger partial charge in [-0.15, -0.1) is 0 Å². The molecule has 0 radical (unpaired) electrons. The van der Waals surface area contributed by atoms with Gasteiger partial charge in [0.15, 0.2) is 0 Å². The topological polar surface area (TPSA) is 66.4 Å². The summed E-state index contributed by atoms with van der Waals surface area (Å²) >= 11 is 5.63. The molecule has 0 aliphatic rings. The zero-order chi connectivity index (χ0) is 16.0. The smallest absolute Gasteiger partial charge is 0.303 e. The van der Waals surface area contributed by atoms with Crippen molar-refractivity contribution in [3.05, 3.63) is 34.6 Å². The molecule has 1 aromatic rings. The molecule has 1 rings (SSSR count). The highest BCUT2D eigenvalue weighted by molar-refractivity contribution is 6.31. The number of rotatable bonds is 7. The number of carbonyl (C=O) groups excluding carboxylic acids is 1. The van der Waals surface area contributed by atoms with E-state index in [9.17, 15) is 14.0 Å². The van der Waals surface area contributed by atoms with Crippen LogP contribution in [-0.2, 0) is 4.79 Å². The Hall–Kier alpha value is -1.62. The second-order valence-corrected chi connectivity index (χ2v) is 5.84. The van der Waals surface area contributed by atoms with Crippen LogP contribution in [0.1, 0.15) is 37.0 Å². The Balaban J connectivity index is 2.63. The molecule has 116 valence electrons. The number of aliphatic carboxylic acids is 1. The van der Waals surface area contributed by atoms with Gasteiger partial charge in [-0.3, -0.25) is 9.59 Å². The van der Waals surface area contributed by atoms with E-state index < -0.39 is 17.7 Å². The van der Waals surface area contributed by atoms with Crippen LogP contribution in [-0.4, -0.2) is 23.5 Å². The zero-order valence-corrected chi connectivity index (χ0v) is 12.8. The molecule has 1 amide bonds. The molecule has 0 saturated carbocycles. The number of carboxylic acid groups (broad SMARTS) is 1. The van der Waals surface area contributed by atoms with Crippen molar-refractivity contribution in [2.24, 2.45) is 11.8 Å². The first-order valence-corrected chi connectivity index (χ1v) is 7.12. The molecule has 4 nitrogen and oxygen atoms in total. The lowest BCUT2D eigenvalue weighted by Gasteiger charge is -2.17. The van der Waals surface area contributed by atoms with E-state index in [0.717, 1.165) is 6.07 Å². The molecule has 0 aromatic heterocycles. The van der Waals surface area contributed by atoms with E-state index in [1.54, 1.807) is 0 Å². The monoisotopic (exact) mass is 315 g/mol. The minimum atomic E-state index is -0.889. The van der Waals surface area contributed by atoms with E-state index in [1.165, 1.54) is 12.1 Å². The van der Waals surface area contributed by atoms with Crippen LogP contribution in [0.5, 0.6) is 0 Å². The molecule has 0 saturated heterocycles. The summed E-state index contributed by atoms with van der Waals surface area (Å²) in [6.07, 6.45) is 0.708. The Morgan fingerprint density at radius 1 is 1.38 bits per heavy atom. The Kier molecular flexibility index (Phi) is 6.62. The van der Waals surface area contributed by atoms with E-state index in [-0.39, 0.29) is 29.5 Å². The van der Waals surface area contributed by atoms with Crippen molar-refractivity contribution in [3.8, 4) is 0 Å². The van der Waals surface area contributed by atoms with Gasteiger partial charge < -0.3 is 10.4 Å². The first kappa shape index (κ1) is 17.4. The Morgan fingerprint density at radius 2 is 2.05 bits per heavy atom. The van der Waals surface area contributed by atoms with Crippen LogP contribution in [0.15, 0.2) is 18.2 Å². The van der Waals surface area contributed by atoms with Crippen LogP contribution in [0, 0.1) is 17.7 Å². The Morgan fingerprint density at radius 3 is 2.57 bits per heavy atom. The predicted octanol–water partition coefficient (Wildman–Crippen LogP) is 3.35. The summed E-state index contributed by atoms with van der Waals surface area (Å²) in [7, 11) is 0. The van der Waals surface area contributed by atoms with E-state index >= 15 is 0 Å². The molecule has 6 heteroatoms. The molecule has 21 heavy (non-hydrogen) atoms. The van der Waals surface area contributed by atoms with Gasteiger partial charge in [-0.25, -0.2) is 4.39 Å². The lowest BCUT2D eigenvalue weighted by molar-refractivity contribution is -0.138. The van der Waals surface area contributed by atoms with Crippen LogP contribution in [0.25, 0.3) is 0 Å². The zero-order valence-electron chi connectivity index (χ0n) is 12.0. The van der Waals surface area contributed by atoms with Gasteiger partial charge in [0.05, 0.1) is 5.02 Å². The molecule has 1 unspecified atom stereocenters. The lowest BCUT2D eigenvalue weighted by Crippen LogP contribution is -2.31. The van der Waals surface area contributed by atoms with Gasteiger partial charge in [0.25, 0.3) is 5.91 Å². The van der Waals surface area contributed by atoms with Crippen molar-refractivity contribution in [2.45, 2.75) is 26.7 Å². The SMILES string of the molecule is CC(C)CC(CNC(=O)c1ccc(F)c(Cl)c1)CC(=O)O. The summed E-state index contributed by atoms with van der Waals surface area (Å²) in [5.41, 5.74) is 0.250. The number of carboxylic acids is 1. The van der Waals surface area contributed by atoms with Gasteiger partial charge in [-0.2, -0.15) is 0 Å². The molecule has 0 fully saturated rings. The minimum absolute atomic E-state index is 0.00261. The first-order valence-electron chi connectivity index (χ1n) is 6.74. The van der Waals surface area contributed by atoms with Crippen LogP contribution in [0.2, 0.25) is 5.02 Å². The third-order valence-corrected chi connectivity index (χ3v) is 3.29. The highest BCUT2D eigenvalue weighted by Gasteiger charge is 2.17. The highest BCUT2D eigenvalue weighted by Crippen LogP contribution is 2.17. The molecule has 0 aliphatic heterocycles. The molecule has 0 spiro atoms. The summed E-state index contributed by atoms with van der Waals surface area (Å²) in [6.45, 7) is 4.26. The summed E-state index contributed by atoms with van der Waals surface area (Å²) in [5.74, 6) is -1.67. The number of amides is 1. The van der Waals surface area contributed by atoms with Gasteiger partial charge in [0.1, 0.15) is 5.82 Å². The number of carbonyl (C=O) groups is 2. The molecule has 1 aromatic carbocycles. The standard InChI is InChI=1S/C15H19ClFNO3/c1-9(2)5-10(6-14(19)20)8-18-15(21)11-3-4-13(17)12(16)7-11/h3-4,7,9-10H,5-6,8H2,1-2H3,(H,18,21)(H,19,20). The Bertz CT molecular complexity index is 520. The third kappa shape index (κ3) is 6.12. The minimum Gasteiger partial charge on any atom is -0.481 e. The summed E-state index contributed by atoms with van der Waals surface area (Å²) in [6, 6.07) is 3.71. The van der Waals surface area contributed by atoms with Crippen molar-refractivity contribution >= 4 is 23.5 Å². The van der Waals surface area contributed by atoms with Crippen molar-refractivity contribution in [2.75, 3.05) is 6.54 Å². The summed E-state index contributed by atoms with van der Waals surface area (Å²) in [5, 5.41) is 11.4. The highest BCUT2D eigenvalue weighted by atomic mass is 35.5. The fourth-order valence-electron chi connectivity index (χ4n) is 2.13. The second-order valence-electron chi connectivity index (χ2n) is 5.43. The molecule has 1 atom stereocenters. The number of hydrogen-bond donors (Lipinski definition) is 2. The molecule has 0 bridgehead atoms. The molecular weight excluding hydrogens is 297 g/mol. The maximum atomic E-state index is 13.0.